The van der Waals surface area contributed by atoms with Crippen molar-refractivity contribution in [1.82, 2.24) is 9.78 Å². The average molecular weight is 287 g/mol. The van der Waals surface area contributed by atoms with Gasteiger partial charge in [-0.25, -0.2) is 4.68 Å². The number of hydrogen-bond donors (Lipinski definition) is 1. The zero-order valence-corrected chi connectivity index (χ0v) is 12.0. The van der Waals surface area contributed by atoms with Crippen molar-refractivity contribution >= 4 is 17.4 Å². The fourth-order valence-electron chi connectivity index (χ4n) is 1.68. The van der Waals surface area contributed by atoms with Gasteiger partial charge in [0.2, 0.25) is 5.78 Å². The number of benzene rings is 1. The minimum absolute atomic E-state index is 0.224. The Morgan fingerprint density at radius 3 is 2.62 bits per heavy atom. The van der Waals surface area contributed by atoms with Gasteiger partial charge in [-0.15, -0.1) is 0 Å². The Labute approximate surface area is 122 Å². The standard InChI is InChI=1S/C15H17N3O3/c1-3-12-4-6-14(7-5-12)21-10-18-9-13(8-16-18)17-15(20)11(2)19/h4-9H,3,10H2,1-2H3,(H,17,20). The van der Waals surface area contributed by atoms with Crippen LogP contribution in [0.2, 0.25) is 0 Å². The Balaban J connectivity index is 1.90. The van der Waals surface area contributed by atoms with Crippen LogP contribution in [0.4, 0.5) is 5.69 Å². The van der Waals surface area contributed by atoms with Crippen molar-refractivity contribution in [2.75, 3.05) is 5.32 Å². The Bertz CT molecular complexity index is 632. The van der Waals surface area contributed by atoms with Crippen LogP contribution in [-0.2, 0) is 22.7 Å². The third kappa shape index (κ3) is 4.17. The van der Waals surface area contributed by atoms with E-state index in [4.69, 9.17) is 4.74 Å². The van der Waals surface area contributed by atoms with Gasteiger partial charge in [0.15, 0.2) is 6.73 Å². The highest BCUT2D eigenvalue weighted by Gasteiger charge is 2.08. The second-order valence-corrected chi connectivity index (χ2v) is 4.55. The number of nitrogens with one attached hydrogen (secondary N) is 1. The molecule has 0 aliphatic carbocycles. The largest absolute Gasteiger partial charge is 0.471 e. The van der Waals surface area contributed by atoms with Crippen molar-refractivity contribution in [2.24, 2.45) is 0 Å². The van der Waals surface area contributed by atoms with Crippen molar-refractivity contribution in [3.05, 3.63) is 42.2 Å². The quantitative estimate of drug-likeness (QED) is 0.825. The van der Waals surface area contributed by atoms with Gasteiger partial charge in [0, 0.05) is 6.92 Å². The topological polar surface area (TPSA) is 73.2 Å². The summed E-state index contributed by atoms with van der Waals surface area (Å²) in [5.41, 5.74) is 1.70. The first-order valence-electron chi connectivity index (χ1n) is 6.64. The highest BCUT2D eigenvalue weighted by atomic mass is 16.5. The van der Waals surface area contributed by atoms with Crippen LogP contribution in [0.25, 0.3) is 0 Å². The maximum Gasteiger partial charge on any atom is 0.291 e. The van der Waals surface area contributed by atoms with E-state index < -0.39 is 11.7 Å². The average Bonchev–Trinajstić information content (AvgIpc) is 2.93. The van der Waals surface area contributed by atoms with Crippen molar-refractivity contribution in [3.8, 4) is 5.75 Å². The summed E-state index contributed by atoms with van der Waals surface area (Å²) >= 11 is 0. The molecule has 110 valence electrons. The molecule has 1 heterocycles. The molecule has 6 nitrogen and oxygen atoms in total. The van der Waals surface area contributed by atoms with Gasteiger partial charge in [-0.1, -0.05) is 19.1 Å². The van der Waals surface area contributed by atoms with Gasteiger partial charge in [-0.05, 0) is 24.1 Å². The van der Waals surface area contributed by atoms with Gasteiger partial charge in [0.1, 0.15) is 5.75 Å². The minimum atomic E-state index is -0.661. The fourth-order valence-corrected chi connectivity index (χ4v) is 1.68. The number of rotatable bonds is 6. The summed E-state index contributed by atoms with van der Waals surface area (Å²) in [7, 11) is 0. The molecule has 0 bridgehead atoms. The Hall–Kier alpha value is -2.63. The normalized spacial score (nSPS) is 10.2. The molecule has 1 aromatic heterocycles. The van der Waals surface area contributed by atoms with Crippen LogP contribution in [0.3, 0.4) is 0 Å². The maximum absolute atomic E-state index is 11.2. The van der Waals surface area contributed by atoms with E-state index in [2.05, 4.69) is 17.3 Å². The predicted octanol–water partition coefficient (Wildman–Crippen LogP) is 2.01. The van der Waals surface area contributed by atoms with Crippen LogP contribution in [0.5, 0.6) is 5.75 Å². The molecule has 0 unspecified atom stereocenters. The molecule has 0 aliphatic rings. The van der Waals surface area contributed by atoms with E-state index in [9.17, 15) is 9.59 Å². The highest BCUT2D eigenvalue weighted by molar-refractivity contribution is 6.39. The van der Waals surface area contributed by atoms with Crippen LogP contribution < -0.4 is 10.1 Å². The number of anilines is 1. The third-order valence-corrected chi connectivity index (χ3v) is 2.91. The van der Waals surface area contributed by atoms with E-state index >= 15 is 0 Å². The van der Waals surface area contributed by atoms with Gasteiger partial charge in [-0.3, -0.25) is 9.59 Å². The molecule has 1 amide bonds. The number of carbonyl (C=O) groups excluding carboxylic acids is 2. The predicted molar refractivity (Wildman–Crippen MR) is 78.0 cm³/mol. The molecule has 2 aromatic rings. The first kappa shape index (κ1) is 14.8. The van der Waals surface area contributed by atoms with Gasteiger partial charge in [0.05, 0.1) is 18.1 Å². The molecule has 21 heavy (non-hydrogen) atoms. The van der Waals surface area contributed by atoms with Crippen molar-refractivity contribution in [3.63, 3.8) is 0 Å². The minimum Gasteiger partial charge on any atom is -0.471 e. The van der Waals surface area contributed by atoms with Crippen molar-refractivity contribution < 1.29 is 14.3 Å². The van der Waals surface area contributed by atoms with E-state index in [0.29, 0.717) is 5.69 Å². The molecule has 1 N–H and O–H groups in total. The van der Waals surface area contributed by atoms with Crippen LogP contribution in [0.1, 0.15) is 19.4 Å². The maximum atomic E-state index is 11.2. The molecular formula is C15H17N3O3. The molecule has 0 fully saturated rings. The Kier molecular flexibility index (Phi) is 4.71. The van der Waals surface area contributed by atoms with Gasteiger partial charge in [-0.2, -0.15) is 5.10 Å². The fraction of sp³-hybridized carbons (Fsp3) is 0.267. The summed E-state index contributed by atoms with van der Waals surface area (Å²) < 4.78 is 7.11. The number of hydrogen-bond acceptors (Lipinski definition) is 4. The summed E-state index contributed by atoms with van der Waals surface area (Å²) in [6, 6.07) is 7.83. The van der Waals surface area contributed by atoms with Crippen LogP contribution in [-0.4, -0.2) is 21.5 Å². The van der Waals surface area contributed by atoms with E-state index in [1.807, 2.05) is 24.3 Å². The van der Waals surface area contributed by atoms with Crippen LogP contribution in [0, 0.1) is 0 Å². The number of aryl methyl sites for hydroxylation is 1. The molecule has 0 saturated heterocycles. The van der Waals surface area contributed by atoms with Gasteiger partial charge in [0.25, 0.3) is 5.91 Å². The molecule has 0 atom stereocenters. The number of carbonyl (C=O) groups is 2. The third-order valence-electron chi connectivity index (χ3n) is 2.91. The lowest BCUT2D eigenvalue weighted by Gasteiger charge is -2.06. The Morgan fingerprint density at radius 1 is 1.29 bits per heavy atom. The van der Waals surface area contributed by atoms with E-state index in [1.54, 1.807) is 6.20 Å². The second-order valence-electron chi connectivity index (χ2n) is 4.55. The molecule has 2 rings (SSSR count). The molecule has 0 spiro atoms. The Morgan fingerprint density at radius 2 is 2.00 bits per heavy atom. The molecule has 0 saturated carbocycles. The molecule has 0 aliphatic heterocycles. The SMILES string of the molecule is CCc1ccc(OCn2cc(NC(=O)C(C)=O)cn2)cc1. The van der Waals surface area contributed by atoms with Crippen molar-refractivity contribution in [2.45, 2.75) is 27.0 Å². The summed E-state index contributed by atoms with van der Waals surface area (Å²) in [4.78, 5) is 22.1. The first-order chi connectivity index (χ1) is 10.1. The second kappa shape index (κ2) is 6.69. The monoisotopic (exact) mass is 287 g/mol. The van der Waals surface area contributed by atoms with E-state index in [1.165, 1.54) is 23.4 Å². The zero-order valence-electron chi connectivity index (χ0n) is 12.0. The van der Waals surface area contributed by atoms with Gasteiger partial charge < -0.3 is 10.1 Å². The lowest BCUT2D eigenvalue weighted by molar-refractivity contribution is -0.133. The first-order valence-corrected chi connectivity index (χ1v) is 6.64. The number of ether oxygens (including phenoxy) is 1. The lowest BCUT2D eigenvalue weighted by atomic mass is 10.2. The number of ketones is 1. The summed E-state index contributed by atoms with van der Waals surface area (Å²) in [5.74, 6) is -0.461. The summed E-state index contributed by atoms with van der Waals surface area (Å²) in [5, 5.41) is 6.49. The number of Topliss-reactive ketones (excluding diaryl/α,β-unsaturated/α-hetero) is 1. The zero-order chi connectivity index (χ0) is 15.2. The lowest BCUT2D eigenvalue weighted by Crippen LogP contribution is -2.19. The van der Waals surface area contributed by atoms with Crippen LogP contribution in [0.15, 0.2) is 36.7 Å². The number of amides is 1. The number of nitrogens with zero attached hydrogens (tertiary/aromatic N) is 2. The summed E-state index contributed by atoms with van der Waals surface area (Å²) in [6.07, 6.45) is 4.05. The van der Waals surface area contributed by atoms with Crippen molar-refractivity contribution in [1.29, 1.82) is 0 Å². The van der Waals surface area contributed by atoms with Crippen LogP contribution >= 0.6 is 0 Å². The molecule has 1 aromatic carbocycles. The number of aromatic nitrogens is 2. The molecule has 6 heteroatoms. The van der Waals surface area contributed by atoms with E-state index in [-0.39, 0.29) is 6.73 Å². The smallest absolute Gasteiger partial charge is 0.291 e. The molecule has 0 radical (unpaired) electrons. The highest BCUT2D eigenvalue weighted by Crippen LogP contribution is 2.13. The van der Waals surface area contributed by atoms with E-state index in [0.717, 1.165) is 12.2 Å². The molecular weight excluding hydrogens is 270 g/mol. The summed E-state index contributed by atoms with van der Waals surface area (Å²) in [6.45, 7) is 3.53. The van der Waals surface area contributed by atoms with Gasteiger partial charge >= 0.3 is 0 Å².